The molecule has 0 radical (unpaired) electrons. The van der Waals surface area contributed by atoms with Gasteiger partial charge in [-0.2, -0.15) is 0 Å². The van der Waals surface area contributed by atoms with E-state index in [-0.39, 0.29) is 0 Å². The second-order valence-corrected chi connectivity index (χ2v) is 3.13. The summed E-state index contributed by atoms with van der Waals surface area (Å²) in [5, 5.41) is 3.29. The van der Waals surface area contributed by atoms with E-state index < -0.39 is 0 Å². The quantitative estimate of drug-likeness (QED) is 0.581. The second kappa shape index (κ2) is 6.41. The van der Waals surface area contributed by atoms with Crippen molar-refractivity contribution in [3.63, 3.8) is 0 Å². The lowest BCUT2D eigenvalue weighted by Gasteiger charge is -2.13. The third kappa shape index (κ3) is 5.02. The minimum atomic E-state index is 0.680. The Morgan fingerprint density at radius 2 is 2.09 bits per heavy atom. The van der Waals surface area contributed by atoms with Gasteiger partial charge in [-0.25, -0.2) is 0 Å². The van der Waals surface area contributed by atoms with Crippen LogP contribution in [0.1, 0.15) is 33.6 Å². The first kappa shape index (κ1) is 10.7. The first-order valence-electron chi connectivity index (χ1n) is 4.60. The van der Waals surface area contributed by atoms with Crippen molar-refractivity contribution >= 4 is 0 Å². The summed E-state index contributed by atoms with van der Waals surface area (Å²) in [6, 6.07) is 0. The second-order valence-electron chi connectivity index (χ2n) is 3.13. The number of hydrogen-bond donors (Lipinski definition) is 1. The minimum Gasteiger partial charge on any atom is -0.313 e. The van der Waals surface area contributed by atoms with Gasteiger partial charge < -0.3 is 5.32 Å². The fourth-order valence-corrected chi connectivity index (χ4v) is 1.10. The van der Waals surface area contributed by atoms with E-state index in [1.54, 1.807) is 0 Å². The van der Waals surface area contributed by atoms with Crippen LogP contribution in [0.15, 0.2) is 12.2 Å². The molecule has 1 N–H and O–H groups in total. The highest BCUT2D eigenvalue weighted by atomic mass is 14.8. The van der Waals surface area contributed by atoms with E-state index in [0.29, 0.717) is 5.92 Å². The number of hydrogen-bond acceptors (Lipinski definition) is 1. The summed E-state index contributed by atoms with van der Waals surface area (Å²) in [6.07, 6.45) is 2.52. The molecule has 1 atom stereocenters. The van der Waals surface area contributed by atoms with Crippen LogP contribution >= 0.6 is 0 Å². The maximum Gasteiger partial charge on any atom is 0.0164 e. The molecule has 0 aliphatic carbocycles. The molecule has 0 saturated carbocycles. The highest BCUT2D eigenvalue weighted by molar-refractivity contribution is 5.00. The predicted octanol–water partition coefficient (Wildman–Crippen LogP) is 2.59. The fraction of sp³-hybridized carbons (Fsp3) is 0.800. The molecule has 0 aliphatic rings. The molecule has 1 unspecified atom stereocenters. The van der Waals surface area contributed by atoms with Gasteiger partial charge in [-0.1, -0.05) is 39.3 Å². The van der Waals surface area contributed by atoms with Crippen LogP contribution in [-0.4, -0.2) is 13.1 Å². The lowest BCUT2D eigenvalue weighted by Crippen LogP contribution is -2.18. The molecule has 0 spiro atoms. The highest BCUT2D eigenvalue weighted by Gasteiger charge is 2.03. The molecule has 0 heterocycles. The standard InChI is InChI=1S/C10H21N/c1-5-7-9(3)10(4)8-11-6-2/h9,11H,4-8H2,1-3H3. The normalized spacial score (nSPS) is 13.0. The van der Waals surface area contributed by atoms with Gasteiger partial charge in [0.2, 0.25) is 0 Å². The van der Waals surface area contributed by atoms with Gasteiger partial charge in [0.05, 0.1) is 0 Å². The first-order valence-corrected chi connectivity index (χ1v) is 4.60. The summed E-state index contributed by atoms with van der Waals surface area (Å²) < 4.78 is 0. The maximum absolute atomic E-state index is 4.05. The zero-order valence-electron chi connectivity index (χ0n) is 8.11. The van der Waals surface area contributed by atoms with Crippen LogP contribution in [0, 0.1) is 5.92 Å². The molecule has 0 fully saturated rings. The molecular weight excluding hydrogens is 134 g/mol. The first-order chi connectivity index (χ1) is 5.22. The summed E-state index contributed by atoms with van der Waals surface area (Å²) >= 11 is 0. The topological polar surface area (TPSA) is 12.0 Å². The fourth-order valence-electron chi connectivity index (χ4n) is 1.10. The summed E-state index contributed by atoms with van der Waals surface area (Å²) in [7, 11) is 0. The van der Waals surface area contributed by atoms with Gasteiger partial charge in [-0.15, -0.1) is 0 Å². The smallest absolute Gasteiger partial charge is 0.0164 e. The van der Waals surface area contributed by atoms with E-state index in [2.05, 4.69) is 32.7 Å². The Balaban J connectivity index is 3.47. The molecule has 0 aromatic rings. The molecule has 0 rings (SSSR count). The van der Waals surface area contributed by atoms with Gasteiger partial charge in [0.1, 0.15) is 0 Å². The van der Waals surface area contributed by atoms with Crippen molar-refractivity contribution in [1.29, 1.82) is 0 Å². The van der Waals surface area contributed by atoms with Crippen LogP contribution in [-0.2, 0) is 0 Å². The zero-order chi connectivity index (χ0) is 8.69. The van der Waals surface area contributed by atoms with E-state index in [4.69, 9.17) is 0 Å². The monoisotopic (exact) mass is 155 g/mol. The van der Waals surface area contributed by atoms with Gasteiger partial charge >= 0.3 is 0 Å². The van der Waals surface area contributed by atoms with E-state index in [1.165, 1.54) is 18.4 Å². The number of nitrogens with one attached hydrogen (secondary N) is 1. The van der Waals surface area contributed by atoms with Gasteiger partial charge in [0.25, 0.3) is 0 Å². The molecule has 0 aliphatic heterocycles. The summed E-state index contributed by atoms with van der Waals surface area (Å²) in [4.78, 5) is 0. The average molecular weight is 155 g/mol. The molecule has 0 aromatic carbocycles. The number of rotatable bonds is 6. The lowest BCUT2D eigenvalue weighted by molar-refractivity contribution is 0.575. The Labute approximate surface area is 70.9 Å². The molecule has 0 saturated heterocycles. The Hall–Kier alpha value is -0.300. The minimum absolute atomic E-state index is 0.680. The molecule has 1 nitrogen and oxygen atoms in total. The van der Waals surface area contributed by atoms with Crippen LogP contribution < -0.4 is 5.32 Å². The Morgan fingerprint density at radius 1 is 1.45 bits per heavy atom. The Kier molecular flexibility index (Phi) is 6.24. The van der Waals surface area contributed by atoms with Gasteiger partial charge in [0.15, 0.2) is 0 Å². The average Bonchev–Trinajstić information content (AvgIpc) is 2.00. The SMILES string of the molecule is C=C(CNCC)C(C)CCC. The maximum atomic E-state index is 4.05. The van der Waals surface area contributed by atoms with Crippen LogP contribution in [0.25, 0.3) is 0 Å². The van der Waals surface area contributed by atoms with E-state index in [0.717, 1.165) is 13.1 Å². The molecule has 66 valence electrons. The van der Waals surface area contributed by atoms with Crippen LogP contribution in [0.2, 0.25) is 0 Å². The summed E-state index contributed by atoms with van der Waals surface area (Å²) in [5.41, 5.74) is 1.34. The van der Waals surface area contributed by atoms with Crippen molar-refractivity contribution in [3.8, 4) is 0 Å². The number of likely N-dealkylation sites (N-methyl/N-ethyl adjacent to an activating group) is 1. The van der Waals surface area contributed by atoms with E-state index in [9.17, 15) is 0 Å². The van der Waals surface area contributed by atoms with Crippen LogP contribution in [0.3, 0.4) is 0 Å². The summed E-state index contributed by atoms with van der Waals surface area (Å²) in [5.74, 6) is 0.680. The van der Waals surface area contributed by atoms with Crippen molar-refractivity contribution in [1.82, 2.24) is 5.32 Å². The van der Waals surface area contributed by atoms with E-state index >= 15 is 0 Å². The van der Waals surface area contributed by atoms with Gasteiger partial charge in [0, 0.05) is 6.54 Å². The highest BCUT2D eigenvalue weighted by Crippen LogP contribution is 2.13. The van der Waals surface area contributed by atoms with Crippen LogP contribution in [0.5, 0.6) is 0 Å². The molecular formula is C10H21N. The van der Waals surface area contributed by atoms with Crippen molar-refractivity contribution in [3.05, 3.63) is 12.2 Å². The van der Waals surface area contributed by atoms with Crippen molar-refractivity contribution in [2.45, 2.75) is 33.6 Å². The Bertz CT molecular complexity index is 107. The largest absolute Gasteiger partial charge is 0.313 e. The molecule has 0 aromatic heterocycles. The third-order valence-electron chi connectivity index (χ3n) is 2.02. The Morgan fingerprint density at radius 3 is 2.55 bits per heavy atom. The van der Waals surface area contributed by atoms with Crippen molar-refractivity contribution in [2.75, 3.05) is 13.1 Å². The molecule has 0 bridgehead atoms. The lowest BCUT2D eigenvalue weighted by atomic mass is 9.98. The van der Waals surface area contributed by atoms with Gasteiger partial charge in [-0.3, -0.25) is 0 Å². The third-order valence-corrected chi connectivity index (χ3v) is 2.02. The predicted molar refractivity (Wildman–Crippen MR) is 51.8 cm³/mol. The molecule has 0 amide bonds. The van der Waals surface area contributed by atoms with Gasteiger partial charge in [-0.05, 0) is 18.9 Å². The van der Waals surface area contributed by atoms with Crippen molar-refractivity contribution < 1.29 is 0 Å². The zero-order valence-corrected chi connectivity index (χ0v) is 8.11. The summed E-state index contributed by atoms with van der Waals surface area (Å²) in [6.45, 7) is 12.7. The van der Waals surface area contributed by atoms with Crippen LogP contribution in [0.4, 0.5) is 0 Å². The molecule has 11 heavy (non-hydrogen) atoms. The molecule has 1 heteroatoms. The van der Waals surface area contributed by atoms with E-state index in [1.807, 2.05) is 0 Å². The van der Waals surface area contributed by atoms with Crippen molar-refractivity contribution in [2.24, 2.45) is 5.92 Å².